The Kier molecular flexibility index (Phi) is 3.51. The van der Waals surface area contributed by atoms with Gasteiger partial charge in [-0.15, -0.1) is 5.10 Å². The number of halogens is 5. The number of aryl methyl sites for hydroxylation is 1. The smallest absolute Gasteiger partial charge is 0.248 e. The summed E-state index contributed by atoms with van der Waals surface area (Å²) >= 11 is 3.14. The first-order valence-electron chi connectivity index (χ1n) is 6.33. The lowest BCUT2D eigenvalue weighted by molar-refractivity contribution is -0.138. The van der Waals surface area contributed by atoms with Crippen LogP contribution in [0.5, 0.6) is 0 Å². The van der Waals surface area contributed by atoms with Gasteiger partial charge in [-0.3, -0.25) is 0 Å². The Morgan fingerprint density at radius 2 is 2.05 bits per heavy atom. The normalized spacial score (nSPS) is 18.6. The average Bonchev–Trinajstić information content (AvgIpc) is 2.77. The number of hydrogen-bond donors (Lipinski definition) is 0. The monoisotopic (exact) mass is 363 g/mol. The van der Waals surface area contributed by atoms with Gasteiger partial charge in [0.15, 0.2) is 0 Å². The summed E-state index contributed by atoms with van der Waals surface area (Å²) in [7, 11) is 0. The molecule has 8 heteroatoms. The molecule has 0 saturated carbocycles. The minimum atomic E-state index is -4.60. The van der Waals surface area contributed by atoms with E-state index in [-0.39, 0.29) is 5.56 Å². The highest BCUT2D eigenvalue weighted by atomic mass is 79.9. The van der Waals surface area contributed by atoms with E-state index in [1.54, 1.807) is 4.68 Å². The van der Waals surface area contributed by atoms with Gasteiger partial charge in [0, 0.05) is 12.5 Å². The third-order valence-corrected chi connectivity index (χ3v) is 3.88. The summed E-state index contributed by atoms with van der Waals surface area (Å²) < 4.78 is 54.6. The van der Waals surface area contributed by atoms with Crippen LogP contribution in [0, 0.1) is 5.82 Å². The summed E-state index contributed by atoms with van der Waals surface area (Å²) in [5.41, 5.74) is -0.898. The highest BCUT2D eigenvalue weighted by Crippen LogP contribution is 2.40. The molecule has 2 heterocycles. The third kappa shape index (κ3) is 2.68. The maximum absolute atomic E-state index is 13.2. The predicted octanol–water partition coefficient (Wildman–Crippen LogP) is 4.12. The average molecular weight is 364 g/mol. The highest BCUT2D eigenvalue weighted by molar-refractivity contribution is 9.10. The molecule has 1 aromatic carbocycles. The zero-order chi connectivity index (χ0) is 15.2. The molecule has 0 bridgehead atoms. The molecule has 0 N–H and O–H groups in total. The van der Waals surface area contributed by atoms with Crippen LogP contribution in [0.4, 0.5) is 17.6 Å². The first kappa shape index (κ1) is 14.5. The van der Waals surface area contributed by atoms with Gasteiger partial charge in [0.2, 0.25) is 4.73 Å². The van der Waals surface area contributed by atoms with Crippen LogP contribution in [0.15, 0.2) is 22.9 Å². The molecule has 1 aliphatic rings. The molecule has 1 aliphatic heterocycles. The first-order chi connectivity index (χ1) is 9.86. The second-order valence-electron chi connectivity index (χ2n) is 4.89. The Bertz CT molecular complexity index is 681. The standard InChI is InChI=1S/C13H10BrF4N3/c14-12-19-11-9(2-1-5-21(11)20-12)8-4-3-7(15)6-10(8)13(16,17)18/h3-4,6,9H,1-2,5H2. The highest BCUT2D eigenvalue weighted by Gasteiger charge is 2.38. The minimum absolute atomic E-state index is 0.0461. The van der Waals surface area contributed by atoms with E-state index in [1.165, 1.54) is 6.07 Å². The second kappa shape index (κ2) is 5.08. The molecule has 3 rings (SSSR count). The van der Waals surface area contributed by atoms with Crippen LogP contribution in [0.1, 0.15) is 35.7 Å². The van der Waals surface area contributed by atoms with Crippen molar-refractivity contribution in [3.05, 3.63) is 45.7 Å². The van der Waals surface area contributed by atoms with Crippen molar-refractivity contribution < 1.29 is 17.6 Å². The van der Waals surface area contributed by atoms with Gasteiger partial charge < -0.3 is 0 Å². The van der Waals surface area contributed by atoms with Crippen molar-refractivity contribution in [3.8, 4) is 0 Å². The van der Waals surface area contributed by atoms with E-state index in [2.05, 4.69) is 26.0 Å². The van der Waals surface area contributed by atoms with E-state index in [0.29, 0.717) is 36.0 Å². The van der Waals surface area contributed by atoms with Crippen LogP contribution in [0.25, 0.3) is 0 Å². The van der Waals surface area contributed by atoms with Gasteiger partial charge in [0.25, 0.3) is 0 Å². The molecule has 0 fully saturated rings. The lowest BCUT2D eigenvalue weighted by atomic mass is 9.87. The molecule has 3 nitrogen and oxygen atoms in total. The number of benzene rings is 1. The van der Waals surface area contributed by atoms with E-state index >= 15 is 0 Å². The molecule has 0 radical (unpaired) electrons. The molecular formula is C13H10BrF4N3. The first-order valence-corrected chi connectivity index (χ1v) is 7.12. The van der Waals surface area contributed by atoms with Crippen LogP contribution in [0.2, 0.25) is 0 Å². The Morgan fingerprint density at radius 1 is 1.29 bits per heavy atom. The van der Waals surface area contributed by atoms with Crippen LogP contribution >= 0.6 is 15.9 Å². The number of nitrogens with zero attached hydrogens (tertiary/aromatic N) is 3. The largest absolute Gasteiger partial charge is 0.416 e. The zero-order valence-corrected chi connectivity index (χ0v) is 12.2. The number of fused-ring (bicyclic) bond motifs is 1. The number of rotatable bonds is 1. The summed E-state index contributed by atoms with van der Waals surface area (Å²) in [5, 5.41) is 4.10. The Labute approximate surface area is 126 Å². The summed E-state index contributed by atoms with van der Waals surface area (Å²) in [6.45, 7) is 0.618. The minimum Gasteiger partial charge on any atom is -0.248 e. The van der Waals surface area contributed by atoms with Crippen LogP contribution in [-0.4, -0.2) is 14.8 Å². The fraction of sp³-hybridized carbons (Fsp3) is 0.385. The molecule has 1 unspecified atom stereocenters. The molecule has 21 heavy (non-hydrogen) atoms. The van der Waals surface area contributed by atoms with Gasteiger partial charge in [0.1, 0.15) is 11.6 Å². The van der Waals surface area contributed by atoms with Crippen molar-refractivity contribution in [2.75, 3.05) is 0 Å². The van der Waals surface area contributed by atoms with Gasteiger partial charge in [-0.1, -0.05) is 6.07 Å². The van der Waals surface area contributed by atoms with Gasteiger partial charge in [-0.2, -0.15) is 13.2 Å². The van der Waals surface area contributed by atoms with Crippen molar-refractivity contribution in [2.24, 2.45) is 0 Å². The molecule has 1 atom stereocenters. The summed E-state index contributed by atoms with van der Waals surface area (Å²) in [6, 6.07) is 2.79. The van der Waals surface area contributed by atoms with Gasteiger partial charge in [-0.25, -0.2) is 14.1 Å². The quantitative estimate of drug-likeness (QED) is 0.713. The van der Waals surface area contributed by atoms with E-state index in [4.69, 9.17) is 0 Å². The van der Waals surface area contributed by atoms with Gasteiger partial charge in [-0.05, 0) is 46.5 Å². The molecule has 0 aliphatic carbocycles. The lowest BCUT2D eigenvalue weighted by Gasteiger charge is -2.25. The van der Waals surface area contributed by atoms with Crippen LogP contribution in [0.3, 0.4) is 0 Å². The van der Waals surface area contributed by atoms with E-state index in [9.17, 15) is 17.6 Å². The van der Waals surface area contributed by atoms with Gasteiger partial charge >= 0.3 is 6.18 Å². The molecule has 0 saturated heterocycles. The molecule has 2 aromatic rings. The summed E-state index contributed by atoms with van der Waals surface area (Å²) in [5.74, 6) is -0.954. The third-order valence-electron chi connectivity index (χ3n) is 3.55. The van der Waals surface area contributed by atoms with Crippen LogP contribution in [-0.2, 0) is 12.7 Å². The summed E-state index contributed by atoms with van der Waals surface area (Å²) in [6.07, 6.45) is -3.38. The number of aromatic nitrogens is 3. The molecule has 112 valence electrons. The van der Waals surface area contributed by atoms with Crippen molar-refractivity contribution in [2.45, 2.75) is 31.5 Å². The van der Waals surface area contributed by atoms with Crippen LogP contribution < -0.4 is 0 Å². The Hall–Kier alpha value is -1.44. The summed E-state index contributed by atoms with van der Waals surface area (Å²) in [4.78, 5) is 4.16. The van der Waals surface area contributed by atoms with Crippen molar-refractivity contribution in [3.63, 3.8) is 0 Å². The molecule has 1 aromatic heterocycles. The van der Waals surface area contributed by atoms with E-state index in [1.807, 2.05) is 0 Å². The van der Waals surface area contributed by atoms with Gasteiger partial charge in [0.05, 0.1) is 5.56 Å². The van der Waals surface area contributed by atoms with Crippen molar-refractivity contribution >= 4 is 15.9 Å². The molecular weight excluding hydrogens is 354 g/mol. The van der Waals surface area contributed by atoms with E-state index < -0.39 is 23.5 Å². The maximum Gasteiger partial charge on any atom is 0.416 e. The fourth-order valence-corrected chi connectivity index (χ4v) is 3.07. The fourth-order valence-electron chi connectivity index (χ4n) is 2.69. The van der Waals surface area contributed by atoms with Crippen molar-refractivity contribution in [1.29, 1.82) is 0 Å². The second-order valence-corrected chi connectivity index (χ2v) is 5.60. The predicted molar refractivity (Wildman–Crippen MR) is 70.2 cm³/mol. The Balaban J connectivity index is 2.14. The lowest BCUT2D eigenvalue weighted by Crippen LogP contribution is -2.21. The maximum atomic E-state index is 13.2. The van der Waals surface area contributed by atoms with E-state index in [0.717, 1.165) is 6.07 Å². The molecule has 0 amide bonds. The van der Waals surface area contributed by atoms with Crippen molar-refractivity contribution in [1.82, 2.24) is 14.8 Å². The molecule has 0 spiro atoms. The SMILES string of the molecule is Fc1ccc(C2CCCn3nc(Br)nc32)c(C(F)(F)F)c1. The Morgan fingerprint density at radius 3 is 2.76 bits per heavy atom. The zero-order valence-electron chi connectivity index (χ0n) is 10.7. The number of hydrogen-bond acceptors (Lipinski definition) is 2. The topological polar surface area (TPSA) is 30.7 Å². The number of alkyl halides is 3.